The van der Waals surface area contributed by atoms with Crippen molar-refractivity contribution in [3.63, 3.8) is 0 Å². The van der Waals surface area contributed by atoms with E-state index in [4.69, 9.17) is 0 Å². The average molecular weight is 722 g/mol. The second-order valence-corrected chi connectivity index (χ2v) is 16.9. The molecule has 0 aromatic heterocycles. The lowest BCUT2D eigenvalue weighted by atomic mass is 9.85. The molecule has 51 heavy (non-hydrogen) atoms. The molecule has 3 aromatic rings. The van der Waals surface area contributed by atoms with Crippen molar-refractivity contribution in [3.05, 3.63) is 106 Å². The first-order valence-electron chi connectivity index (χ1n) is 17.3. The second kappa shape index (κ2) is 16.4. The Hall–Kier alpha value is -4.17. The smallest absolute Gasteiger partial charge is 0.269 e. The SMILES string of the molecule is CC(C)CN(CC(O)C(Cc1ccccc1)NC(=O)C(NC(=O)C(C)NC1(c2ccccc2)CC1)C(C)(C)C)S(=O)(=O)c1ccc([N+](=O)[O-])cc1. The first kappa shape index (κ1) is 39.6. The minimum Gasteiger partial charge on any atom is -0.390 e. The average Bonchev–Trinajstić information content (AvgIpc) is 3.87. The Bertz CT molecular complexity index is 1740. The summed E-state index contributed by atoms with van der Waals surface area (Å²) in [5, 5.41) is 32.2. The van der Waals surface area contributed by atoms with Crippen LogP contribution in [-0.4, -0.2) is 71.9 Å². The molecule has 0 radical (unpaired) electrons. The van der Waals surface area contributed by atoms with Gasteiger partial charge in [-0.3, -0.25) is 25.0 Å². The monoisotopic (exact) mass is 721 g/mol. The summed E-state index contributed by atoms with van der Waals surface area (Å²) in [6.07, 6.45) is 0.608. The van der Waals surface area contributed by atoms with E-state index in [-0.39, 0.29) is 47.5 Å². The van der Waals surface area contributed by atoms with Crippen molar-refractivity contribution in [2.24, 2.45) is 11.3 Å². The van der Waals surface area contributed by atoms with Gasteiger partial charge in [-0.2, -0.15) is 4.31 Å². The van der Waals surface area contributed by atoms with Crippen molar-refractivity contribution in [2.75, 3.05) is 13.1 Å². The molecule has 2 amide bonds. The van der Waals surface area contributed by atoms with Gasteiger partial charge >= 0.3 is 0 Å². The second-order valence-electron chi connectivity index (χ2n) is 15.0. The Morgan fingerprint density at radius 1 is 0.882 bits per heavy atom. The van der Waals surface area contributed by atoms with E-state index >= 15 is 0 Å². The maximum Gasteiger partial charge on any atom is 0.269 e. The zero-order valence-corrected chi connectivity index (χ0v) is 31.0. The molecule has 0 spiro atoms. The molecule has 1 saturated carbocycles. The third-order valence-corrected chi connectivity index (χ3v) is 11.0. The highest BCUT2D eigenvalue weighted by Crippen LogP contribution is 2.45. The highest BCUT2D eigenvalue weighted by molar-refractivity contribution is 7.89. The number of carbonyl (C=O) groups excluding carboxylic acids is 2. The zero-order chi connectivity index (χ0) is 37.6. The Balaban J connectivity index is 1.55. The molecule has 0 heterocycles. The number of nitrogens with one attached hydrogen (secondary N) is 3. The molecular weight excluding hydrogens is 671 g/mol. The summed E-state index contributed by atoms with van der Waals surface area (Å²) in [4.78, 5) is 38.1. The van der Waals surface area contributed by atoms with Crippen molar-refractivity contribution in [1.29, 1.82) is 0 Å². The Morgan fingerprint density at radius 3 is 1.96 bits per heavy atom. The number of non-ortho nitro benzene ring substituents is 1. The van der Waals surface area contributed by atoms with Gasteiger partial charge in [0.25, 0.3) is 5.69 Å². The van der Waals surface area contributed by atoms with E-state index in [1.807, 2.05) is 95.3 Å². The molecule has 4 atom stereocenters. The lowest BCUT2D eigenvalue weighted by Gasteiger charge is -2.35. The zero-order valence-electron chi connectivity index (χ0n) is 30.2. The van der Waals surface area contributed by atoms with Gasteiger partial charge in [0, 0.05) is 30.8 Å². The van der Waals surface area contributed by atoms with Crippen LogP contribution >= 0.6 is 0 Å². The Morgan fingerprint density at radius 2 is 1.45 bits per heavy atom. The van der Waals surface area contributed by atoms with Gasteiger partial charge in [0.1, 0.15) is 6.04 Å². The van der Waals surface area contributed by atoms with Crippen LogP contribution < -0.4 is 16.0 Å². The van der Waals surface area contributed by atoms with E-state index in [0.717, 1.165) is 40.4 Å². The van der Waals surface area contributed by atoms with Gasteiger partial charge in [-0.05, 0) is 60.8 Å². The van der Waals surface area contributed by atoms with Crippen LogP contribution in [0.1, 0.15) is 65.5 Å². The number of aliphatic hydroxyl groups is 1. The summed E-state index contributed by atoms with van der Waals surface area (Å²) in [5.41, 5.74) is 0.652. The van der Waals surface area contributed by atoms with Gasteiger partial charge in [-0.1, -0.05) is 95.3 Å². The molecule has 0 saturated heterocycles. The molecule has 12 nitrogen and oxygen atoms in total. The lowest BCUT2D eigenvalue weighted by Crippen LogP contribution is -2.60. The minimum atomic E-state index is -4.19. The highest BCUT2D eigenvalue weighted by atomic mass is 32.2. The van der Waals surface area contributed by atoms with Crippen molar-refractivity contribution in [2.45, 2.75) is 95.5 Å². The Kier molecular flexibility index (Phi) is 12.8. The van der Waals surface area contributed by atoms with Gasteiger partial charge in [-0.25, -0.2) is 8.42 Å². The number of nitrogens with zero attached hydrogens (tertiary/aromatic N) is 2. The summed E-state index contributed by atoms with van der Waals surface area (Å²) >= 11 is 0. The van der Waals surface area contributed by atoms with E-state index in [2.05, 4.69) is 16.0 Å². The number of nitro benzene ring substituents is 1. The molecule has 4 N–H and O–H groups in total. The quantitative estimate of drug-likeness (QED) is 0.116. The first-order chi connectivity index (χ1) is 23.9. The first-order valence-corrected chi connectivity index (χ1v) is 18.8. The van der Waals surface area contributed by atoms with E-state index in [1.54, 1.807) is 6.92 Å². The molecule has 4 unspecified atom stereocenters. The molecule has 13 heteroatoms. The molecule has 276 valence electrons. The number of hydrogen-bond donors (Lipinski definition) is 4. The predicted molar refractivity (Wildman–Crippen MR) is 196 cm³/mol. The van der Waals surface area contributed by atoms with E-state index < -0.39 is 50.5 Å². The number of sulfonamides is 1. The summed E-state index contributed by atoms with van der Waals surface area (Å²) in [7, 11) is -4.19. The molecule has 3 aromatic carbocycles. The highest BCUT2D eigenvalue weighted by Gasteiger charge is 2.46. The molecule has 0 bridgehead atoms. The Labute approximate surface area is 301 Å². The van der Waals surface area contributed by atoms with Crippen LogP contribution in [0.25, 0.3) is 0 Å². The molecule has 1 aliphatic carbocycles. The number of hydrogen-bond acceptors (Lipinski definition) is 8. The van der Waals surface area contributed by atoms with E-state index in [9.17, 15) is 33.2 Å². The molecule has 1 fully saturated rings. The van der Waals surface area contributed by atoms with Crippen LogP contribution in [0.2, 0.25) is 0 Å². The van der Waals surface area contributed by atoms with Crippen LogP contribution in [0.15, 0.2) is 89.8 Å². The summed E-state index contributed by atoms with van der Waals surface area (Å²) in [6.45, 7) is 10.7. The van der Waals surface area contributed by atoms with Crippen molar-refractivity contribution >= 4 is 27.5 Å². The maximum absolute atomic E-state index is 14.1. The predicted octanol–water partition coefficient (Wildman–Crippen LogP) is 4.53. The van der Waals surface area contributed by atoms with Crippen molar-refractivity contribution in [3.8, 4) is 0 Å². The number of carbonyl (C=O) groups is 2. The fourth-order valence-electron chi connectivity index (χ4n) is 6.14. The molecule has 4 rings (SSSR count). The maximum atomic E-state index is 14.1. The van der Waals surface area contributed by atoms with Crippen LogP contribution in [0.5, 0.6) is 0 Å². The van der Waals surface area contributed by atoms with Gasteiger partial charge in [0.05, 0.1) is 28.0 Å². The fraction of sp³-hybridized carbons (Fsp3) is 0.474. The van der Waals surface area contributed by atoms with Crippen molar-refractivity contribution < 1.29 is 28.0 Å². The summed E-state index contributed by atoms with van der Waals surface area (Å²) in [5.74, 6) is -0.981. The lowest BCUT2D eigenvalue weighted by molar-refractivity contribution is -0.384. The van der Waals surface area contributed by atoms with Crippen LogP contribution in [0, 0.1) is 21.4 Å². The topological polar surface area (TPSA) is 171 Å². The largest absolute Gasteiger partial charge is 0.390 e. The van der Waals surface area contributed by atoms with E-state index in [0.29, 0.717) is 0 Å². The number of amides is 2. The minimum absolute atomic E-state index is 0.0540. The van der Waals surface area contributed by atoms with E-state index in [1.165, 1.54) is 12.1 Å². The normalized spacial score (nSPS) is 16.6. The molecule has 0 aliphatic heterocycles. The van der Waals surface area contributed by atoms with Crippen LogP contribution in [0.4, 0.5) is 5.69 Å². The molecular formula is C38H51N5O7S. The third kappa shape index (κ3) is 10.4. The summed E-state index contributed by atoms with van der Waals surface area (Å²) in [6, 6.07) is 21.2. The van der Waals surface area contributed by atoms with Crippen LogP contribution in [0.3, 0.4) is 0 Å². The number of rotatable bonds is 17. The van der Waals surface area contributed by atoms with Gasteiger partial charge in [-0.15, -0.1) is 0 Å². The van der Waals surface area contributed by atoms with Gasteiger partial charge < -0.3 is 15.7 Å². The van der Waals surface area contributed by atoms with Crippen molar-refractivity contribution in [1.82, 2.24) is 20.3 Å². The van der Waals surface area contributed by atoms with Gasteiger partial charge in [0.2, 0.25) is 21.8 Å². The fourth-order valence-corrected chi connectivity index (χ4v) is 7.76. The number of benzene rings is 3. The standard InChI is InChI=1S/C38H51N5O7S/c1-26(2)24-42(51(49,50)31-19-17-30(18-20-31)43(47)48)25-33(44)32(23-28-13-9-7-10-14-28)39-36(46)34(37(4,5)6)40-35(45)27(3)41-38(21-22-38)29-15-11-8-12-16-29/h7-20,26-27,32-34,41,44H,21-25H2,1-6H3,(H,39,46)(H,40,45). The number of aliphatic hydroxyl groups excluding tert-OH is 1. The third-order valence-electron chi connectivity index (χ3n) is 9.11. The van der Waals surface area contributed by atoms with Crippen LogP contribution in [-0.2, 0) is 31.6 Å². The van der Waals surface area contributed by atoms with Gasteiger partial charge in [0.15, 0.2) is 0 Å². The number of nitro groups is 1. The summed E-state index contributed by atoms with van der Waals surface area (Å²) < 4.78 is 28.8. The molecule has 1 aliphatic rings.